The molecule has 0 spiro atoms. The minimum absolute atomic E-state index is 0.227. The predicted octanol–water partition coefficient (Wildman–Crippen LogP) is 2.64. The largest absolute Gasteiger partial charge is 0.493 e. The van der Waals surface area contributed by atoms with Gasteiger partial charge in [-0.3, -0.25) is 9.79 Å². The van der Waals surface area contributed by atoms with E-state index < -0.39 is 0 Å². The van der Waals surface area contributed by atoms with Crippen molar-refractivity contribution < 1.29 is 9.53 Å². The molecule has 1 aromatic carbocycles. The Morgan fingerprint density at radius 1 is 1.30 bits per heavy atom. The Morgan fingerprint density at radius 3 is 2.70 bits per heavy atom. The molecular weight excluding hydrogens is 340 g/mol. The van der Waals surface area contributed by atoms with Crippen LogP contribution in [-0.2, 0) is 4.79 Å². The zero-order chi connectivity index (χ0) is 19.6. The molecule has 1 aliphatic rings. The van der Waals surface area contributed by atoms with Crippen LogP contribution in [0.5, 0.6) is 5.75 Å². The van der Waals surface area contributed by atoms with Crippen LogP contribution in [0, 0.1) is 13.8 Å². The van der Waals surface area contributed by atoms with Crippen LogP contribution in [0.2, 0.25) is 0 Å². The van der Waals surface area contributed by atoms with Gasteiger partial charge in [-0.25, -0.2) is 0 Å². The predicted molar refractivity (Wildman–Crippen MR) is 110 cm³/mol. The fourth-order valence-corrected chi connectivity index (χ4v) is 3.30. The van der Waals surface area contributed by atoms with Crippen LogP contribution in [-0.4, -0.2) is 55.6 Å². The van der Waals surface area contributed by atoms with Gasteiger partial charge in [0, 0.05) is 45.1 Å². The number of guanidine groups is 1. The number of para-hydroxylation sites is 1. The summed E-state index contributed by atoms with van der Waals surface area (Å²) >= 11 is 0. The molecule has 0 saturated carbocycles. The molecule has 1 fully saturated rings. The number of carbonyl (C=O) groups is 1. The summed E-state index contributed by atoms with van der Waals surface area (Å²) in [6.45, 7) is 11.9. The minimum atomic E-state index is 0.227. The van der Waals surface area contributed by atoms with Gasteiger partial charge in [-0.15, -0.1) is 0 Å². The van der Waals surface area contributed by atoms with Crippen LogP contribution < -0.4 is 15.4 Å². The molecule has 6 nitrogen and oxygen atoms in total. The number of aryl methyl sites for hydroxylation is 2. The van der Waals surface area contributed by atoms with Gasteiger partial charge in [0.2, 0.25) is 5.91 Å². The van der Waals surface area contributed by atoms with Crippen molar-refractivity contribution in [2.45, 2.75) is 53.0 Å². The van der Waals surface area contributed by atoms with E-state index in [1.165, 1.54) is 11.1 Å². The second-order valence-electron chi connectivity index (χ2n) is 7.01. The Morgan fingerprint density at radius 2 is 2.04 bits per heavy atom. The SMILES string of the molecule is CCNC(=NCCCOc1c(C)cccc1C)NC1CCN(C(=O)CC)C1. The third-order valence-corrected chi connectivity index (χ3v) is 4.76. The summed E-state index contributed by atoms with van der Waals surface area (Å²) in [5.41, 5.74) is 2.34. The van der Waals surface area contributed by atoms with Gasteiger partial charge in [0.05, 0.1) is 6.61 Å². The molecule has 27 heavy (non-hydrogen) atoms. The lowest BCUT2D eigenvalue weighted by Gasteiger charge is -2.18. The molecule has 1 aliphatic heterocycles. The standard InChI is InChI=1S/C21H34N4O2/c1-5-19(26)25-13-11-18(15-25)24-21(22-6-2)23-12-8-14-27-20-16(3)9-7-10-17(20)4/h7,9-10,18H,5-6,8,11-15H2,1-4H3,(H2,22,23,24). The van der Waals surface area contributed by atoms with Crippen molar-refractivity contribution in [3.8, 4) is 5.75 Å². The van der Waals surface area contributed by atoms with Crippen LogP contribution in [0.4, 0.5) is 0 Å². The lowest BCUT2D eigenvalue weighted by Crippen LogP contribution is -2.45. The molecule has 1 heterocycles. The number of nitrogens with one attached hydrogen (secondary N) is 2. The lowest BCUT2D eigenvalue weighted by molar-refractivity contribution is -0.129. The summed E-state index contributed by atoms with van der Waals surface area (Å²) in [4.78, 5) is 18.4. The zero-order valence-electron chi connectivity index (χ0n) is 17.2. The van der Waals surface area contributed by atoms with Crippen molar-refractivity contribution in [1.29, 1.82) is 0 Å². The quantitative estimate of drug-likeness (QED) is 0.417. The highest BCUT2D eigenvalue weighted by atomic mass is 16.5. The van der Waals surface area contributed by atoms with E-state index in [2.05, 4.69) is 54.6 Å². The molecule has 0 aliphatic carbocycles. The molecule has 1 amide bonds. The Labute approximate surface area is 163 Å². The topological polar surface area (TPSA) is 66.0 Å². The molecule has 1 atom stereocenters. The number of hydrogen-bond donors (Lipinski definition) is 2. The third kappa shape index (κ3) is 6.45. The smallest absolute Gasteiger partial charge is 0.222 e. The number of nitrogens with zero attached hydrogens (tertiary/aromatic N) is 2. The van der Waals surface area contributed by atoms with Gasteiger partial charge in [0.1, 0.15) is 5.75 Å². The number of likely N-dealkylation sites (tertiary alicyclic amines) is 1. The average Bonchev–Trinajstić information content (AvgIpc) is 3.11. The molecule has 150 valence electrons. The highest BCUT2D eigenvalue weighted by molar-refractivity contribution is 5.80. The number of aliphatic imine (C=N–C) groups is 1. The van der Waals surface area contributed by atoms with Gasteiger partial charge < -0.3 is 20.3 Å². The Hall–Kier alpha value is -2.24. The van der Waals surface area contributed by atoms with Crippen LogP contribution >= 0.6 is 0 Å². The van der Waals surface area contributed by atoms with E-state index in [4.69, 9.17) is 4.74 Å². The minimum Gasteiger partial charge on any atom is -0.493 e. The summed E-state index contributed by atoms with van der Waals surface area (Å²) in [6, 6.07) is 6.46. The lowest BCUT2D eigenvalue weighted by atomic mass is 10.1. The maximum atomic E-state index is 11.8. The summed E-state index contributed by atoms with van der Waals surface area (Å²) in [6.07, 6.45) is 2.39. The van der Waals surface area contributed by atoms with Gasteiger partial charge in [-0.1, -0.05) is 25.1 Å². The zero-order valence-corrected chi connectivity index (χ0v) is 17.2. The van der Waals surface area contributed by atoms with Crippen molar-refractivity contribution in [2.24, 2.45) is 4.99 Å². The first-order valence-corrected chi connectivity index (χ1v) is 10.1. The molecule has 1 saturated heterocycles. The van der Waals surface area contributed by atoms with Gasteiger partial charge in [0.25, 0.3) is 0 Å². The molecular formula is C21H34N4O2. The summed E-state index contributed by atoms with van der Waals surface area (Å²) < 4.78 is 5.94. The first kappa shape index (κ1) is 21.1. The van der Waals surface area contributed by atoms with Gasteiger partial charge >= 0.3 is 0 Å². The maximum absolute atomic E-state index is 11.8. The van der Waals surface area contributed by atoms with Crippen LogP contribution in [0.1, 0.15) is 44.2 Å². The fourth-order valence-electron chi connectivity index (χ4n) is 3.30. The fraction of sp³-hybridized carbons (Fsp3) is 0.619. The first-order chi connectivity index (χ1) is 13.0. The molecule has 1 aromatic rings. The molecule has 2 rings (SSSR count). The highest BCUT2D eigenvalue weighted by Crippen LogP contribution is 2.22. The highest BCUT2D eigenvalue weighted by Gasteiger charge is 2.25. The Bertz CT molecular complexity index is 625. The molecule has 0 radical (unpaired) electrons. The maximum Gasteiger partial charge on any atom is 0.222 e. The molecule has 6 heteroatoms. The number of benzene rings is 1. The Kier molecular flexibility index (Phi) is 8.43. The Balaban J connectivity index is 1.77. The third-order valence-electron chi connectivity index (χ3n) is 4.76. The number of ether oxygens (including phenoxy) is 1. The van der Waals surface area contributed by atoms with E-state index >= 15 is 0 Å². The van der Waals surface area contributed by atoms with E-state index in [9.17, 15) is 4.79 Å². The molecule has 0 aromatic heterocycles. The van der Waals surface area contributed by atoms with E-state index in [0.29, 0.717) is 19.6 Å². The van der Waals surface area contributed by atoms with Crippen molar-refractivity contribution in [1.82, 2.24) is 15.5 Å². The van der Waals surface area contributed by atoms with Gasteiger partial charge in [-0.2, -0.15) is 0 Å². The van der Waals surface area contributed by atoms with Crippen molar-refractivity contribution in [3.05, 3.63) is 29.3 Å². The monoisotopic (exact) mass is 374 g/mol. The van der Waals surface area contributed by atoms with Crippen LogP contribution in [0.3, 0.4) is 0 Å². The van der Waals surface area contributed by atoms with Gasteiger partial charge in [0.15, 0.2) is 5.96 Å². The first-order valence-electron chi connectivity index (χ1n) is 10.1. The van der Waals surface area contributed by atoms with E-state index in [-0.39, 0.29) is 11.9 Å². The van der Waals surface area contributed by atoms with E-state index in [1.807, 2.05) is 11.8 Å². The number of hydrogen-bond acceptors (Lipinski definition) is 3. The molecule has 1 unspecified atom stereocenters. The normalized spacial score (nSPS) is 17.1. The molecule has 2 N–H and O–H groups in total. The van der Waals surface area contributed by atoms with E-state index in [0.717, 1.165) is 44.2 Å². The number of amides is 1. The second-order valence-corrected chi connectivity index (χ2v) is 7.01. The van der Waals surface area contributed by atoms with E-state index in [1.54, 1.807) is 0 Å². The number of rotatable bonds is 8. The summed E-state index contributed by atoms with van der Waals surface area (Å²) in [5.74, 6) is 2.03. The van der Waals surface area contributed by atoms with Crippen molar-refractivity contribution in [3.63, 3.8) is 0 Å². The van der Waals surface area contributed by atoms with Gasteiger partial charge in [-0.05, 0) is 38.3 Å². The average molecular weight is 375 g/mol. The van der Waals surface area contributed by atoms with Crippen LogP contribution in [0.15, 0.2) is 23.2 Å². The van der Waals surface area contributed by atoms with Crippen molar-refractivity contribution >= 4 is 11.9 Å². The summed E-state index contributed by atoms with van der Waals surface area (Å²) in [5, 5.41) is 6.75. The second kappa shape index (κ2) is 10.8. The molecule has 0 bridgehead atoms. The summed E-state index contributed by atoms with van der Waals surface area (Å²) in [7, 11) is 0. The van der Waals surface area contributed by atoms with Crippen molar-refractivity contribution in [2.75, 3.05) is 32.8 Å². The number of carbonyl (C=O) groups excluding carboxylic acids is 1. The van der Waals surface area contributed by atoms with Crippen LogP contribution in [0.25, 0.3) is 0 Å².